The lowest BCUT2D eigenvalue weighted by atomic mass is 9.84. The van der Waals surface area contributed by atoms with Gasteiger partial charge in [0.2, 0.25) is 0 Å². The van der Waals surface area contributed by atoms with Crippen molar-refractivity contribution in [1.29, 1.82) is 0 Å². The molecule has 1 heterocycles. The Balaban J connectivity index is 1.92. The van der Waals surface area contributed by atoms with Crippen LogP contribution < -0.4 is 0 Å². The van der Waals surface area contributed by atoms with E-state index in [1.54, 1.807) is 12.1 Å². The molecule has 0 saturated carbocycles. The van der Waals surface area contributed by atoms with Crippen molar-refractivity contribution in [3.8, 4) is 5.75 Å². The number of phenols is 1. The molecule has 104 valence electrons. The number of rotatable bonds is 2. The van der Waals surface area contributed by atoms with Gasteiger partial charge in [-0.05, 0) is 42.5 Å². The Labute approximate surface area is 113 Å². The highest BCUT2D eigenvalue weighted by atomic mass is 18.2. The summed E-state index contributed by atoms with van der Waals surface area (Å²) in [7, 11) is 0. The van der Waals surface area contributed by atoms with Crippen LogP contribution in [0.1, 0.15) is 37.0 Å². The van der Waals surface area contributed by atoms with Crippen LogP contribution in [0, 0.1) is 0 Å². The quantitative estimate of drug-likeness (QED) is 0.834. The largest absolute Gasteiger partial charge is 0.508 e. The molecule has 1 aromatic carbocycles. The van der Waals surface area contributed by atoms with Crippen LogP contribution in [0.4, 0.5) is 4.39 Å². The zero-order chi connectivity index (χ0) is 13.4. The minimum absolute atomic E-state index is 0.0954. The molecule has 0 amide bonds. The van der Waals surface area contributed by atoms with Crippen LogP contribution in [-0.4, -0.2) is 35.5 Å². The fourth-order valence-corrected chi connectivity index (χ4v) is 3.33. The number of alkyl halides is 1. The molecule has 2 aliphatic rings. The maximum atomic E-state index is 14.0. The number of aromatic hydroxyl groups is 1. The summed E-state index contributed by atoms with van der Waals surface area (Å²) in [5.41, 5.74) is 2.25. The standard InChI is InChI=1S/C15H20FNO2/c1-2-7-17-13-6-4-10-3-5-11(18)8-12(10)15(13)19-9-14(17)16/h3,5,8,13-15,18H,2,4,6-7,9H2,1H3/t13-,14?,15-/m1/s1/i16-1. The topological polar surface area (TPSA) is 32.7 Å². The molecule has 0 spiro atoms. The number of benzene rings is 1. The Morgan fingerprint density at radius 3 is 3.11 bits per heavy atom. The second kappa shape index (κ2) is 5.10. The van der Waals surface area contributed by atoms with Crippen molar-refractivity contribution in [3.05, 3.63) is 29.3 Å². The zero-order valence-corrected chi connectivity index (χ0v) is 11.2. The summed E-state index contributed by atoms with van der Waals surface area (Å²) in [6.45, 7) is 2.95. The highest BCUT2D eigenvalue weighted by molar-refractivity contribution is 5.39. The van der Waals surface area contributed by atoms with Crippen LogP contribution in [0.5, 0.6) is 5.75 Å². The van der Waals surface area contributed by atoms with Crippen molar-refractivity contribution in [2.45, 2.75) is 44.6 Å². The molecule has 1 aliphatic carbocycles. The third-order valence-corrected chi connectivity index (χ3v) is 4.18. The van der Waals surface area contributed by atoms with E-state index in [1.165, 1.54) is 5.56 Å². The number of nitrogens with zero attached hydrogens (tertiary/aromatic N) is 1. The summed E-state index contributed by atoms with van der Waals surface area (Å²) in [6.07, 6.45) is 1.68. The number of morpholine rings is 1. The highest BCUT2D eigenvalue weighted by Gasteiger charge is 2.41. The van der Waals surface area contributed by atoms with Gasteiger partial charge in [0.25, 0.3) is 0 Å². The average molecular weight is 264 g/mol. The first-order valence-electron chi connectivity index (χ1n) is 7.04. The molecular formula is C15H20FNO2. The molecule has 3 rings (SSSR count). The highest BCUT2D eigenvalue weighted by Crippen LogP contribution is 2.40. The van der Waals surface area contributed by atoms with Crippen LogP contribution >= 0.6 is 0 Å². The normalized spacial score (nSPS) is 30.7. The van der Waals surface area contributed by atoms with Gasteiger partial charge in [0.05, 0.1) is 12.7 Å². The molecule has 1 saturated heterocycles. The van der Waals surface area contributed by atoms with E-state index >= 15 is 0 Å². The van der Waals surface area contributed by atoms with E-state index in [0.29, 0.717) is 0 Å². The maximum absolute atomic E-state index is 14.0. The summed E-state index contributed by atoms with van der Waals surface area (Å²) < 4.78 is 19.7. The van der Waals surface area contributed by atoms with Gasteiger partial charge in [-0.2, -0.15) is 0 Å². The molecule has 1 aromatic rings. The molecule has 1 fully saturated rings. The summed E-state index contributed by atoms with van der Waals surface area (Å²) in [5, 5.41) is 9.66. The molecule has 0 radical (unpaired) electrons. The molecular weight excluding hydrogens is 244 g/mol. The second-order valence-corrected chi connectivity index (χ2v) is 5.42. The van der Waals surface area contributed by atoms with Crippen LogP contribution in [0.15, 0.2) is 18.2 Å². The van der Waals surface area contributed by atoms with Crippen molar-refractivity contribution >= 4 is 0 Å². The number of halogens is 1. The Morgan fingerprint density at radius 2 is 2.32 bits per heavy atom. The van der Waals surface area contributed by atoms with Gasteiger partial charge in [-0.15, -0.1) is 0 Å². The second-order valence-electron chi connectivity index (χ2n) is 5.42. The summed E-state index contributed by atoms with van der Waals surface area (Å²) >= 11 is 0. The van der Waals surface area contributed by atoms with E-state index in [4.69, 9.17) is 4.74 Å². The Bertz CT molecular complexity index is 465. The van der Waals surface area contributed by atoms with Crippen LogP contribution in [0.2, 0.25) is 0 Å². The Hall–Kier alpha value is -1.13. The number of fused-ring (bicyclic) bond motifs is 3. The minimum atomic E-state index is -1.000. The van der Waals surface area contributed by atoms with Crippen LogP contribution in [0.3, 0.4) is 0 Å². The van der Waals surface area contributed by atoms with Crippen molar-refractivity contribution in [2.75, 3.05) is 13.2 Å². The van der Waals surface area contributed by atoms with Gasteiger partial charge in [0.15, 0.2) is 6.30 Å². The van der Waals surface area contributed by atoms with Gasteiger partial charge in [0, 0.05) is 12.6 Å². The van der Waals surface area contributed by atoms with Gasteiger partial charge in [-0.1, -0.05) is 13.0 Å². The van der Waals surface area contributed by atoms with E-state index in [2.05, 4.69) is 6.92 Å². The third-order valence-electron chi connectivity index (χ3n) is 4.18. The molecule has 4 heteroatoms. The molecule has 1 unspecified atom stereocenters. The number of hydrogen-bond acceptors (Lipinski definition) is 3. The van der Waals surface area contributed by atoms with Crippen LogP contribution in [-0.2, 0) is 11.2 Å². The maximum Gasteiger partial charge on any atom is 0.177 e. The van der Waals surface area contributed by atoms with E-state index in [-0.39, 0.29) is 24.5 Å². The smallest absolute Gasteiger partial charge is 0.177 e. The first kappa shape index (κ1) is 12.9. The Morgan fingerprint density at radius 1 is 1.47 bits per heavy atom. The number of hydrogen-bond donors (Lipinski definition) is 1. The van der Waals surface area contributed by atoms with Crippen molar-refractivity contribution < 1.29 is 14.2 Å². The molecule has 19 heavy (non-hydrogen) atoms. The van der Waals surface area contributed by atoms with Gasteiger partial charge in [-0.25, -0.2) is 4.39 Å². The van der Waals surface area contributed by atoms with E-state index < -0.39 is 6.30 Å². The van der Waals surface area contributed by atoms with Gasteiger partial charge in [0.1, 0.15) is 5.75 Å². The van der Waals surface area contributed by atoms with Crippen LogP contribution in [0.25, 0.3) is 0 Å². The van der Waals surface area contributed by atoms with E-state index in [1.807, 2.05) is 11.0 Å². The van der Waals surface area contributed by atoms with Crippen molar-refractivity contribution in [2.24, 2.45) is 0 Å². The van der Waals surface area contributed by atoms with Gasteiger partial charge in [-0.3, -0.25) is 4.90 Å². The lowest BCUT2D eigenvalue weighted by molar-refractivity contribution is -0.149. The minimum Gasteiger partial charge on any atom is -0.508 e. The molecule has 3 atom stereocenters. The number of phenolic OH excluding ortho intramolecular Hbond substituents is 1. The van der Waals surface area contributed by atoms with Gasteiger partial charge >= 0.3 is 0 Å². The predicted molar refractivity (Wildman–Crippen MR) is 70.8 cm³/mol. The molecule has 1 aliphatic heterocycles. The number of ether oxygens (including phenoxy) is 1. The Kier molecular flexibility index (Phi) is 3.46. The molecule has 3 nitrogen and oxygen atoms in total. The van der Waals surface area contributed by atoms with Gasteiger partial charge < -0.3 is 9.84 Å². The fourth-order valence-electron chi connectivity index (χ4n) is 3.33. The number of aryl methyl sites for hydroxylation is 1. The predicted octanol–water partition coefficient (Wildman–Crippen LogP) is 2.79. The lowest BCUT2D eigenvalue weighted by Gasteiger charge is -2.46. The average Bonchev–Trinajstić information content (AvgIpc) is 2.41. The zero-order valence-electron chi connectivity index (χ0n) is 11.2. The first-order valence-corrected chi connectivity index (χ1v) is 7.04. The molecule has 0 aromatic heterocycles. The lowest BCUT2D eigenvalue weighted by Crippen LogP contribution is -2.53. The summed E-state index contributed by atoms with van der Waals surface area (Å²) in [5.74, 6) is 0.257. The first-order chi connectivity index (χ1) is 9.20. The third kappa shape index (κ3) is 2.23. The summed E-state index contributed by atoms with van der Waals surface area (Å²) in [6, 6.07) is 5.53. The van der Waals surface area contributed by atoms with Crippen molar-refractivity contribution in [1.82, 2.24) is 4.90 Å². The fraction of sp³-hybridized carbons (Fsp3) is 0.600. The van der Waals surface area contributed by atoms with E-state index in [9.17, 15) is 9.50 Å². The SMILES string of the molecule is CCCN1C([18F])CO[C@@H]2c3cc(O)ccc3CC[C@H]21. The molecule has 1 N–H and O–H groups in total. The monoisotopic (exact) mass is 264 g/mol. The summed E-state index contributed by atoms with van der Waals surface area (Å²) in [4.78, 5) is 1.93. The van der Waals surface area contributed by atoms with Crippen molar-refractivity contribution in [3.63, 3.8) is 0 Å². The molecule has 0 bridgehead atoms. The van der Waals surface area contributed by atoms with E-state index in [0.717, 1.165) is 31.4 Å².